The number of carbonyl (C=O) groups excluding carboxylic acids is 2. The van der Waals surface area contributed by atoms with Gasteiger partial charge in [-0.25, -0.2) is 4.79 Å². The Labute approximate surface area is 209 Å². The maximum Gasteiger partial charge on any atom is 0.341 e. The zero-order chi connectivity index (χ0) is 23.5. The third kappa shape index (κ3) is 5.32. The van der Waals surface area contributed by atoms with Gasteiger partial charge in [0, 0.05) is 9.90 Å². The van der Waals surface area contributed by atoms with Gasteiger partial charge in [-0.15, -0.1) is 11.3 Å². The van der Waals surface area contributed by atoms with E-state index in [2.05, 4.69) is 5.32 Å². The molecule has 2 aromatic heterocycles. The average molecular weight is 529 g/mol. The first-order chi connectivity index (χ1) is 15.9. The third-order valence-corrected chi connectivity index (χ3v) is 7.07. The lowest BCUT2D eigenvalue weighted by atomic mass is 9.95. The molecule has 0 saturated heterocycles. The molecule has 0 unspecified atom stereocenters. The summed E-state index contributed by atoms with van der Waals surface area (Å²) in [4.78, 5) is 26.5. The zero-order valence-corrected chi connectivity index (χ0v) is 20.7. The van der Waals surface area contributed by atoms with Gasteiger partial charge in [-0.1, -0.05) is 34.8 Å². The number of ether oxygens (including phenoxy) is 2. The molecule has 2 heterocycles. The summed E-state index contributed by atoms with van der Waals surface area (Å²) in [6.07, 6.45) is 3.76. The number of anilines is 1. The first-order valence-corrected chi connectivity index (χ1v) is 12.3. The lowest BCUT2D eigenvalue weighted by Crippen LogP contribution is -2.15. The average Bonchev–Trinajstić information content (AvgIpc) is 3.37. The van der Waals surface area contributed by atoms with Crippen LogP contribution >= 0.6 is 46.1 Å². The van der Waals surface area contributed by atoms with E-state index in [0.29, 0.717) is 21.3 Å². The molecule has 0 fully saturated rings. The number of benzene rings is 1. The van der Waals surface area contributed by atoms with Crippen LogP contribution in [-0.4, -0.2) is 18.5 Å². The molecular weight excluding hydrogens is 509 g/mol. The van der Waals surface area contributed by atoms with Gasteiger partial charge in [0.25, 0.3) is 5.91 Å². The number of fused-ring (bicyclic) bond motifs is 1. The fraction of sp³-hybridized carbons (Fsp3) is 0.304. The zero-order valence-electron chi connectivity index (χ0n) is 17.6. The largest absolute Gasteiger partial charge is 0.483 e. The van der Waals surface area contributed by atoms with Crippen molar-refractivity contribution in [3.63, 3.8) is 0 Å². The second-order valence-electron chi connectivity index (χ2n) is 7.34. The van der Waals surface area contributed by atoms with Crippen LogP contribution in [0.4, 0.5) is 5.00 Å². The van der Waals surface area contributed by atoms with Gasteiger partial charge in [-0.05, 0) is 62.4 Å². The summed E-state index contributed by atoms with van der Waals surface area (Å²) in [5.41, 5.74) is 1.43. The Morgan fingerprint density at radius 2 is 1.85 bits per heavy atom. The van der Waals surface area contributed by atoms with Gasteiger partial charge >= 0.3 is 5.97 Å². The molecule has 3 aromatic rings. The van der Waals surface area contributed by atoms with E-state index >= 15 is 0 Å². The monoisotopic (exact) mass is 527 g/mol. The molecule has 4 rings (SSSR count). The van der Waals surface area contributed by atoms with Gasteiger partial charge in [-0.2, -0.15) is 0 Å². The topological polar surface area (TPSA) is 77.8 Å². The smallest absolute Gasteiger partial charge is 0.341 e. The van der Waals surface area contributed by atoms with E-state index in [-0.39, 0.29) is 34.8 Å². The molecule has 1 amide bonds. The minimum Gasteiger partial charge on any atom is -0.483 e. The van der Waals surface area contributed by atoms with Crippen molar-refractivity contribution < 1.29 is 23.5 Å². The summed E-state index contributed by atoms with van der Waals surface area (Å²) in [7, 11) is 0. The van der Waals surface area contributed by atoms with Crippen LogP contribution in [-0.2, 0) is 24.2 Å². The number of esters is 1. The molecule has 0 radical (unpaired) electrons. The van der Waals surface area contributed by atoms with Crippen molar-refractivity contribution in [2.75, 3.05) is 11.9 Å². The van der Waals surface area contributed by atoms with Gasteiger partial charge in [0.15, 0.2) is 11.5 Å². The molecule has 1 aliphatic rings. The third-order valence-electron chi connectivity index (χ3n) is 5.09. The van der Waals surface area contributed by atoms with E-state index < -0.39 is 11.9 Å². The van der Waals surface area contributed by atoms with Crippen molar-refractivity contribution in [3.8, 4) is 5.75 Å². The Morgan fingerprint density at radius 1 is 1.12 bits per heavy atom. The SMILES string of the molecule is CCOC(=O)c1c(NC(=O)c2ccc(COc3c(Cl)cc(Cl)cc3Cl)o2)sc2c1CCCC2. The summed E-state index contributed by atoms with van der Waals surface area (Å²) in [6.45, 7) is 2.03. The number of hydrogen-bond acceptors (Lipinski definition) is 6. The fourth-order valence-electron chi connectivity index (χ4n) is 3.63. The lowest BCUT2D eigenvalue weighted by molar-refractivity contribution is 0.0526. The highest BCUT2D eigenvalue weighted by molar-refractivity contribution is 7.17. The molecular formula is C23H20Cl3NO5S. The van der Waals surface area contributed by atoms with Gasteiger partial charge in [0.05, 0.1) is 22.2 Å². The quantitative estimate of drug-likeness (QED) is 0.328. The number of halogens is 3. The Balaban J connectivity index is 1.48. The molecule has 174 valence electrons. The number of thiophene rings is 1. The Bertz CT molecular complexity index is 1180. The second kappa shape index (κ2) is 10.4. The van der Waals surface area contributed by atoms with E-state index in [4.69, 9.17) is 48.7 Å². The predicted octanol–water partition coefficient (Wildman–Crippen LogP) is 7.19. The Hall–Kier alpha value is -2.19. The molecule has 0 atom stereocenters. The molecule has 10 heteroatoms. The molecule has 0 spiro atoms. The molecule has 33 heavy (non-hydrogen) atoms. The van der Waals surface area contributed by atoms with Crippen LogP contribution in [0.2, 0.25) is 15.1 Å². The predicted molar refractivity (Wildman–Crippen MR) is 129 cm³/mol. The van der Waals surface area contributed by atoms with Crippen molar-refractivity contribution in [3.05, 3.63) is 66.9 Å². The van der Waals surface area contributed by atoms with Crippen LogP contribution in [0, 0.1) is 0 Å². The number of nitrogens with one attached hydrogen (secondary N) is 1. The number of hydrogen-bond donors (Lipinski definition) is 1. The maximum absolute atomic E-state index is 12.8. The molecule has 1 aromatic carbocycles. The number of rotatable bonds is 7. The van der Waals surface area contributed by atoms with Gasteiger partial charge in [0.2, 0.25) is 0 Å². The highest BCUT2D eigenvalue weighted by atomic mass is 35.5. The van der Waals surface area contributed by atoms with Crippen LogP contribution in [0.15, 0.2) is 28.7 Å². The molecule has 6 nitrogen and oxygen atoms in total. The standard InChI is InChI=1S/C23H20Cl3NO5S/c1-2-30-23(29)19-14-5-3-4-6-18(14)33-22(19)27-21(28)17-8-7-13(32-17)11-31-20-15(25)9-12(24)10-16(20)26/h7-10H,2-6,11H2,1H3,(H,27,28). The number of furan rings is 1. The summed E-state index contributed by atoms with van der Waals surface area (Å²) in [6, 6.07) is 6.20. The van der Waals surface area contributed by atoms with Crippen molar-refractivity contribution in [2.45, 2.75) is 39.2 Å². The molecule has 0 saturated carbocycles. The summed E-state index contributed by atoms with van der Waals surface area (Å²) in [5, 5.41) is 4.24. The molecule has 1 aliphatic carbocycles. The van der Waals surface area contributed by atoms with E-state index in [1.807, 2.05) is 0 Å². The summed E-state index contributed by atoms with van der Waals surface area (Å²) < 4.78 is 16.5. The van der Waals surface area contributed by atoms with Crippen LogP contribution in [0.5, 0.6) is 5.75 Å². The Morgan fingerprint density at radius 3 is 2.58 bits per heavy atom. The normalized spacial score (nSPS) is 12.8. The maximum atomic E-state index is 12.8. The summed E-state index contributed by atoms with van der Waals surface area (Å²) in [5.74, 6) is -0.125. The van der Waals surface area contributed by atoms with Crippen LogP contribution < -0.4 is 10.1 Å². The first-order valence-electron chi connectivity index (χ1n) is 10.4. The first kappa shape index (κ1) is 24.0. The van der Waals surface area contributed by atoms with Crippen molar-refractivity contribution >= 4 is 63.0 Å². The highest BCUT2D eigenvalue weighted by Gasteiger charge is 2.28. The fourth-order valence-corrected chi connectivity index (χ4v) is 5.82. The Kier molecular flexibility index (Phi) is 7.54. The lowest BCUT2D eigenvalue weighted by Gasteiger charge is -2.12. The van der Waals surface area contributed by atoms with E-state index in [9.17, 15) is 9.59 Å². The van der Waals surface area contributed by atoms with Crippen molar-refractivity contribution in [2.24, 2.45) is 0 Å². The van der Waals surface area contributed by atoms with Gasteiger partial charge < -0.3 is 19.2 Å². The van der Waals surface area contributed by atoms with Crippen LogP contribution in [0.3, 0.4) is 0 Å². The van der Waals surface area contributed by atoms with Gasteiger partial charge in [-0.3, -0.25) is 4.79 Å². The molecule has 0 aliphatic heterocycles. The number of carbonyl (C=O) groups is 2. The number of aryl methyl sites for hydroxylation is 1. The minimum absolute atomic E-state index is 0.00965. The molecule has 0 bridgehead atoms. The van der Waals surface area contributed by atoms with Crippen molar-refractivity contribution in [1.82, 2.24) is 0 Å². The number of amides is 1. The van der Waals surface area contributed by atoms with E-state index in [0.717, 1.165) is 36.1 Å². The van der Waals surface area contributed by atoms with Crippen molar-refractivity contribution in [1.29, 1.82) is 0 Å². The van der Waals surface area contributed by atoms with Crippen LogP contribution in [0.1, 0.15) is 56.9 Å². The highest BCUT2D eigenvalue weighted by Crippen LogP contribution is 2.39. The second-order valence-corrected chi connectivity index (χ2v) is 9.70. The minimum atomic E-state index is -0.465. The van der Waals surface area contributed by atoms with Gasteiger partial charge in [0.1, 0.15) is 17.4 Å². The van der Waals surface area contributed by atoms with E-state index in [1.54, 1.807) is 13.0 Å². The van der Waals surface area contributed by atoms with E-state index in [1.165, 1.54) is 29.5 Å². The van der Waals surface area contributed by atoms with Crippen LogP contribution in [0.25, 0.3) is 0 Å². The molecule has 1 N–H and O–H groups in total. The summed E-state index contributed by atoms with van der Waals surface area (Å²) >= 11 is 19.6.